The van der Waals surface area contributed by atoms with Gasteiger partial charge in [0.1, 0.15) is 0 Å². The van der Waals surface area contributed by atoms with Crippen molar-refractivity contribution in [3.8, 4) is 72.7 Å². The highest BCUT2D eigenvalue weighted by Gasteiger charge is 2.46. The molecule has 2 aliphatic rings. The molecule has 19 aromatic rings. The number of hydrogen-bond acceptors (Lipinski definition) is 2. The largest absolute Gasteiger partial charge is 0.311 e. The molecule has 21 rings (SSSR count). The number of anilines is 6. The highest BCUT2D eigenvalue weighted by molar-refractivity contribution is 7.00. The zero-order valence-electron chi connectivity index (χ0n) is 73.3. The minimum Gasteiger partial charge on any atom is -0.311 e. The summed E-state index contributed by atoms with van der Waals surface area (Å²) in [5.74, 6) is 0. The monoisotopic (exact) mass is 1470 g/mol. The number of fused-ring (bicyclic) bond motifs is 13. The van der Waals surface area contributed by atoms with E-state index in [1.807, 2.05) is 6.07 Å². The van der Waals surface area contributed by atoms with Gasteiger partial charge in [-0.05, 0) is 209 Å². The molecule has 0 bridgehead atoms. The molecule has 16 aromatic carbocycles. The van der Waals surface area contributed by atoms with Gasteiger partial charge >= 0.3 is 0 Å². The van der Waals surface area contributed by atoms with Crippen molar-refractivity contribution in [1.29, 1.82) is 0 Å². The van der Waals surface area contributed by atoms with E-state index in [4.69, 9.17) is 0 Å². The third-order valence-corrected chi connectivity index (χ3v) is 23.8. The molecule has 114 heavy (non-hydrogen) atoms. The van der Waals surface area contributed by atoms with Gasteiger partial charge in [-0.2, -0.15) is 0 Å². The van der Waals surface area contributed by atoms with Gasteiger partial charge in [-0.25, -0.2) is 0 Å². The van der Waals surface area contributed by atoms with Crippen LogP contribution in [0.2, 0.25) is 0 Å². The molecule has 2 aliphatic heterocycles. The van der Waals surface area contributed by atoms with E-state index in [0.717, 1.165) is 156 Å². The van der Waals surface area contributed by atoms with Crippen molar-refractivity contribution < 1.29 is 11.0 Å². The molecular formula is C108H86BN5. The molecule has 5 heterocycles. The highest BCUT2D eigenvalue weighted by atomic mass is 15.2. The van der Waals surface area contributed by atoms with Crippen LogP contribution in [0.3, 0.4) is 0 Å². The molecule has 0 saturated heterocycles. The molecule has 0 N–H and O–H groups in total. The molecule has 3 aromatic heterocycles. The van der Waals surface area contributed by atoms with E-state index in [-0.39, 0.29) is 50.1 Å². The van der Waals surface area contributed by atoms with Gasteiger partial charge in [-0.1, -0.05) is 305 Å². The second-order valence-electron chi connectivity index (χ2n) is 33.9. The van der Waals surface area contributed by atoms with E-state index in [2.05, 4.69) is 385 Å². The van der Waals surface area contributed by atoms with Crippen molar-refractivity contribution in [3.63, 3.8) is 0 Å². The summed E-state index contributed by atoms with van der Waals surface area (Å²) in [6.45, 7) is 20.0. The van der Waals surface area contributed by atoms with Gasteiger partial charge in [0.25, 0.3) is 6.71 Å². The Morgan fingerprint density at radius 2 is 0.605 bits per heavy atom. The Hall–Kier alpha value is -13.4. The second kappa shape index (κ2) is 26.1. The van der Waals surface area contributed by atoms with Gasteiger partial charge in [0.2, 0.25) is 0 Å². The SMILES string of the molecule is [2H]c1c([2H])c([2H])c2c(c1[2H])c1c([2H])c([2H])c([2H])c([2H])c1n2-c1ccc2c(c1)N(c1c(-c3ccccc3)cc(C(C)(C)C)cc1-c1ccccc1)c1cc(-c3cc(C(C)(C)C)cc(C(C)(C)C)c3)cc3c1B2c1ccc(-n2c4ccccc4c4cc(-n5c6ccccc6c6ccccc65)ccc42)cc1N3c1cc(-c2ccccc2)cc(-c2ccccc2)c1. The van der Waals surface area contributed by atoms with Crippen LogP contribution in [0.4, 0.5) is 34.1 Å². The fourth-order valence-corrected chi connectivity index (χ4v) is 18.2. The minimum atomic E-state index is -0.541. The third-order valence-electron chi connectivity index (χ3n) is 23.8. The highest BCUT2D eigenvalue weighted by Crippen LogP contribution is 2.54. The zero-order chi connectivity index (χ0) is 84.0. The summed E-state index contributed by atoms with van der Waals surface area (Å²) in [4.78, 5) is 5.03. The first-order valence-corrected chi connectivity index (χ1v) is 39.6. The maximum absolute atomic E-state index is 9.98. The van der Waals surface area contributed by atoms with Gasteiger partial charge in [-0.3, -0.25) is 0 Å². The molecule has 0 unspecified atom stereocenters. The van der Waals surface area contributed by atoms with E-state index < -0.39 is 43.0 Å². The number of para-hydroxylation sites is 5. The first kappa shape index (κ1) is 60.3. The van der Waals surface area contributed by atoms with Crippen LogP contribution in [-0.2, 0) is 16.2 Å². The van der Waals surface area contributed by atoms with E-state index in [9.17, 15) is 11.0 Å². The fraction of sp³-hybridized carbons (Fsp3) is 0.111. The quantitative estimate of drug-likeness (QED) is 0.127. The summed E-state index contributed by atoms with van der Waals surface area (Å²) < 4.78 is 83.0. The van der Waals surface area contributed by atoms with Crippen LogP contribution in [0.25, 0.3) is 138 Å². The molecule has 0 saturated carbocycles. The maximum Gasteiger partial charge on any atom is 0.252 e. The zero-order valence-corrected chi connectivity index (χ0v) is 65.3. The standard InChI is InChI=1S/C108H86BN5/c1-106(2,3)77-57-75(58-78(63-77)107(4,5)6)76-61-102-104-103(62-76)114(105-89(71-36-18-12-19-37-71)64-79(108(7,8)9)65-90(105)72-38-20-13-21-39-72)101-68-82(111-96-47-29-24-42-86(96)87-43-25-30-48-97(87)111)51-54-93(101)109(104)92-53-50-81(67-100(92)113(102)83-59-73(69-32-14-10-15-33-69)56-74(60-83)70-34-16-11-17-35-70)112-98-49-31-26-44-88(98)91-66-80(52-55-99(91)112)110-94-45-27-22-40-84(94)85-41-23-28-46-95(85)110/h10-68H,1-9H3/i24D,25D,29D,30D,42D,43D,47D,48D. The van der Waals surface area contributed by atoms with Gasteiger partial charge in [-0.15, -0.1) is 0 Å². The molecule has 6 heteroatoms. The molecule has 546 valence electrons. The molecule has 5 nitrogen and oxygen atoms in total. The first-order valence-electron chi connectivity index (χ1n) is 43.6. The summed E-state index contributed by atoms with van der Waals surface area (Å²) in [5, 5.41) is 4.62. The van der Waals surface area contributed by atoms with E-state index in [1.54, 1.807) is 4.57 Å². The third kappa shape index (κ3) is 11.1. The summed E-state index contributed by atoms with van der Waals surface area (Å²) in [6, 6.07) is 109. The second-order valence-corrected chi connectivity index (χ2v) is 33.9. The van der Waals surface area contributed by atoms with E-state index in [0.29, 0.717) is 5.69 Å². The van der Waals surface area contributed by atoms with Crippen LogP contribution in [0, 0.1) is 0 Å². The predicted molar refractivity (Wildman–Crippen MR) is 487 cm³/mol. The topological polar surface area (TPSA) is 21.3 Å². The Labute approximate surface area is 678 Å². The summed E-state index contributed by atoms with van der Waals surface area (Å²) in [7, 11) is 0. The Balaban J connectivity index is 0.941. The lowest BCUT2D eigenvalue weighted by Gasteiger charge is -2.45. The number of benzene rings is 16. The van der Waals surface area contributed by atoms with E-state index >= 15 is 0 Å². The Morgan fingerprint density at radius 3 is 1.08 bits per heavy atom. The lowest BCUT2D eigenvalue weighted by atomic mass is 9.33. The number of rotatable bonds is 10. The van der Waals surface area contributed by atoms with Crippen LogP contribution >= 0.6 is 0 Å². The summed E-state index contributed by atoms with van der Waals surface area (Å²) in [5.41, 5.74) is 27.9. The molecule has 0 aliphatic carbocycles. The smallest absolute Gasteiger partial charge is 0.252 e. The molecule has 0 spiro atoms. The fourth-order valence-electron chi connectivity index (χ4n) is 18.2. The number of aromatic nitrogens is 3. The lowest BCUT2D eigenvalue weighted by molar-refractivity contribution is 0.569. The van der Waals surface area contributed by atoms with Gasteiger partial charge in [0.15, 0.2) is 0 Å². The van der Waals surface area contributed by atoms with Gasteiger partial charge in [0.05, 0.1) is 49.8 Å². The van der Waals surface area contributed by atoms with Crippen LogP contribution in [-0.4, -0.2) is 20.4 Å². The average molecular weight is 1470 g/mol. The molecule has 0 radical (unpaired) electrons. The van der Waals surface area contributed by atoms with E-state index in [1.165, 1.54) is 21.9 Å². The average Bonchev–Trinajstić information content (AvgIpc) is 0.908. The van der Waals surface area contributed by atoms with Crippen molar-refractivity contribution in [3.05, 3.63) is 374 Å². The Morgan fingerprint density at radius 1 is 0.246 bits per heavy atom. The minimum absolute atomic E-state index is 0.00510. The maximum atomic E-state index is 9.98. The van der Waals surface area contributed by atoms with Crippen molar-refractivity contribution in [1.82, 2.24) is 13.7 Å². The Kier molecular flexibility index (Phi) is 13.8. The van der Waals surface area contributed by atoms with Crippen molar-refractivity contribution in [2.24, 2.45) is 0 Å². The van der Waals surface area contributed by atoms with Gasteiger partial charge in [0, 0.05) is 88.9 Å². The normalized spacial score (nSPS) is 13.9. The molecule has 0 atom stereocenters. The Bertz CT molecular complexity index is 7340. The summed E-state index contributed by atoms with van der Waals surface area (Å²) >= 11 is 0. The first-order chi connectivity index (χ1) is 58.8. The molecular weight excluding hydrogens is 1380 g/mol. The van der Waals surface area contributed by atoms with Crippen LogP contribution in [0.1, 0.15) is 90.0 Å². The van der Waals surface area contributed by atoms with Crippen molar-refractivity contribution >= 4 is 123 Å². The molecule has 0 fully saturated rings. The van der Waals surface area contributed by atoms with Crippen molar-refractivity contribution in [2.75, 3.05) is 9.80 Å². The van der Waals surface area contributed by atoms with Crippen molar-refractivity contribution in [2.45, 2.75) is 78.6 Å². The number of nitrogens with zero attached hydrogens (tertiary/aromatic N) is 5. The van der Waals surface area contributed by atoms with Crippen LogP contribution < -0.4 is 26.2 Å². The predicted octanol–water partition coefficient (Wildman–Crippen LogP) is 27.3. The summed E-state index contributed by atoms with van der Waals surface area (Å²) in [6.07, 6.45) is 0. The van der Waals surface area contributed by atoms with Gasteiger partial charge < -0.3 is 23.5 Å². The lowest BCUT2D eigenvalue weighted by Crippen LogP contribution is -2.61. The molecule has 0 amide bonds. The van der Waals surface area contributed by atoms with Crippen LogP contribution in [0.5, 0.6) is 0 Å². The number of hydrogen-bond donors (Lipinski definition) is 0. The van der Waals surface area contributed by atoms with Crippen LogP contribution in [0.15, 0.2) is 358 Å².